The standard InChI is InChI=1S/C7H8N2O3S2/c1-14(11,12)7-8-5(10)4-6-9(7)2-3-13-6/h4H,2-3H2,1H3. The molecule has 1 aromatic heterocycles. The fourth-order valence-electron chi connectivity index (χ4n) is 1.31. The monoisotopic (exact) mass is 232 g/mol. The van der Waals surface area contributed by atoms with Gasteiger partial charge in [0.15, 0.2) is 0 Å². The van der Waals surface area contributed by atoms with Gasteiger partial charge in [0.1, 0.15) is 0 Å². The van der Waals surface area contributed by atoms with Gasteiger partial charge in [-0.05, 0) is 0 Å². The minimum Gasteiger partial charge on any atom is -0.310 e. The van der Waals surface area contributed by atoms with Crippen LogP contribution in [0.15, 0.2) is 21.0 Å². The fraction of sp³-hybridized carbons (Fsp3) is 0.429. The summed E-state index contributed by atoms with van der Waals surface area (Å²) >= 11 is 1.47. The summed E-state index contributed by atoms with van der Waals surface area (Å²) in [5, 5.41) is 0.565. The normalized spacial score (nSPS) is 15.5. The van der Waals surface area contributed by atoms with E-state index in [1.54, 1.807) is 4.57 Å². The molecule has 0 radical (unpaired) electrons. The Bertz CT molecular complexity index is 532. The van der Waals surface area contributed by atoms with E-state index in [-0.39, 0.29) is 5.16 Å². The van der Waals surface area contributed by atoms with E-state index in [1.807, 2.05) is 0 Å². The first-order valence-electron chi connectivity index (χ1n) is 3.93. The van der Waals surface area contributed by atoms with Crippen LogP contribution in [-0.4, -0.2) is 30.0 Å². The fourth-order valence-corrected chi connectivity index (χ4v) is 3.22. The highest BCUT2D eigenvalue weighted by Crippen LogP contribution is 2.25. The number of thioether (sulfide) groups is 1. The molecule has 0 spiro atoms. The topological polar surface area (TPSA) is 69.0 Å². The van der Waals surface area contributed by atoms with Crippen molar-refractivity contribution in [3.05, 3.63) is 16.4 Å². The molecule has 1 aliphatic heterocycles. The molecular formula is C7H8N2O3S2. The Balaban J connectivity index is 2.79. The molecule has 0 amide bonds. The number of hydrogen-bond donors (Lipinski definition) is 0. The second-order valence-electron chi connectivity index (χ2n) is 2.99. The average molecular weight is 232 g/mol. The lowest BCUT2D eigenvalue weighted by Gasteiger charge is -2.06. The summed E-state index contributed by atoms with van der Waals surface area (Å²) in [5.41, 5.74) is -0.494. The molecule has 0 aromatic carbocycles. The first kappa shape index (κ1) is 9.72. The van der Waals surface area contributed by atoms with E-state index in [0.717, 1.165) is 12.0 Å². The molecule has 0 saturated heterocycles. The van der Waals surface area contributed by atoms with Crippen LogP contribution in [0, 0.1) is 0 Å². The van der Waals surface area contributed by atoms with Gasteiger partial charge in [0.2, 0.25) is 15.0 Å². The van der Waals surface area contributed by atoms with Crippen molar-refractivity contribution in [2.75, 3.05) is 12.0 Å². The van der Waals surface area contributed by atoms with Gasteiger partial charge < -0.3 is 4.57 Å². The summed E-state index contributed by atoms with van der Waals surface area (Å²) in [4.78, 5) is 14.6. The van der Waals surface area contributed by atoms with Crippen molar-refractivity contribution in [1.29, 1.82) is 0 Å². The van der Waals surface area contributed by atoms with Crippen molar-refractivity contribution in [2.45, 2.75) is 16.7 Å². The molecule has 7 heteroatoms. The number of nitrogens with zero attached hydrogens (tertiary/aromatic N) is 2. The maximum absolute atomic E-state index is 11.3. The lowest BCUT2D eigenvalue weighted by molar-refractivity contribution is 0.548. The van der Waals surface area contributed by atoms with Crippen molar-refractivity contribution in [3.8, 4) is 0 Å². The SMILES string of the molecule is CS(=O)(=O)c1nc(=O)cc2n1CCS2. The summed E-state index contributed by atoms with van der Waals surface area (Å²) in [6.45, 7) is 0.593. The Morgan fingerprint density at radius 2 is 2.29 bits per heavy atom. The van der Waals surface area contributed by atoms with E-state index in [9.17, 15) is 13.2 Å². The van der Waals surface area contributed by atoms with E-state index >= 15 is 0 Å². The van der Waals surface area contributed by atoms with Crippen molar-refractivity contribution in [2.24, 2.45) is 0 Å². The molecule has 1 aromatic rings. The molecule has 0 bridgehead atoms. The lowest BCUT2D eigenvalue weighted by atomic mass is 10.6. The van der Waals surface area contributed by atoms with Crippen LogP contribution in [0.1, 0.15) is 0 Å². The van der Waals surface area contributed by atoms with Crippen molar-refractivity contribution in [1.82, 2.24) is 9.55 Å². The summed E-state index contributed by atoms with van der Waals surface area (Å²) in [6.07, 6.45) is 1.06. The summed E-state index contributed by atoms with van der Waals surface area (Å²) in [7, 11) is -3.41. The van der Waals surface area contributed by atoms with Gasteiger partial charge in [-0.1, -0.05) is 0 Å². The van der Waals surface area contributed by atoms with Gasteiger partial charge in [-0.15, -0.1) is 11.8 Å². The van der Waals surface area contributed by atoms with Gasteiger partial charge in [0.05, 0.1) is 5.03 Å². The highest BCUT2D eigenvalue weighted by molar-refractivity contribution is 7.99. The van der Waals surface area contributed by atoms with Gasteiger partial charge >= 0.3 is 0 Å². The van der Waals surface area contributed by atoms with Crippen LogP contribution in [0.4, 0.5) is 0 Å². The predicted molar refractivity (Wildman–Crippen MR) is 52.3 cm³/mol. The van der Waals surface area contributed by atoms with Crippen molar-refractivity contribution in [3.63, 3.8) is 0 Å². The maximum Gasteiger partial charge on any atom is 0.274 e. The molecule has 0 aliphatic carbocycles. The molecule has 0 atom stereocenters. The van der Waals surface area contributed by atoms with Gasteiger partial charge in [-0.2, -0.15) is 4.98 Å². The zero-order valence-corrected chi connectivity index (χ0v) is 9.06. The molecule has 0 N–H and O–H groups in total. The van der Waals surface area contributed by atoms with Crippen LogP contribution in [0.5, 0.6) is 0 Å². The predicted octanol–water partition coefficient (Wildman–Crippen LogP) is -0.248. The van der Waals surface area contributed by atoms with Gasteiger partial charge in [0, 0.05) is 24.6 Å². The Morgan fingerprint density at radius 1 is 1.57 bits per heavy atom. The van der Waals surface area contributed by atoms with Crippen LogP contribution in [0.2, 0.25) is 0 Å². The minimum absolute atomic E-state index is 0.120. The molecule has 2 rings (SSSR count). The van der Waals surface area contributed by atoms with Crippen molar-refractivity contribution < 1.29 is 8.42 Å². The third-order valence-corrected chi connectivity index (χ3v) is 3.84. The van der Waals surface area contributed by atoms with Crippen LogP contribution >= 0.6 is 11.8 Å². The smallest absolute Gasteiger partial charge is 0.274 e. The van der Waals surface area contributed by atoms with Crippen LogP contribution in [0.25, 0.3) is 0 Å². The Kier molecular flexibility index (Phi) is 2.15. The Hall–Kier alpha value is -0.820. The van der Waals surface area contributed by atoms with E-state index in [2.05, 4.69) is 4.98 Å². The summed E-state index contributed by atoms with van der Waals surface area (Å²) in [5.74, 6) is 0.785. The largest absolute Gasteiger partial charge is 0.310 e. The number of aromatic nitrogens is 2. The maximum atomic E-state index is 11.3. The third-order valence-electron chi connectivity index (χ3n) is 1.85. The summed E-state index contributed by atoms with van der Waals surface area (Å²) < 4.78 is 24.2. The van der Waals surface area contributed by atoms with Gasteiger partial charge in [0.25, 0.3) is 5.56 Å². The molecule has 0 fully saturated rings. The Morgan fingerprint density at radius 3 is 2.93 bits per heavy atom. The first-order valence-corrected chi connectivity index (χ1v) is 6.81. The molecule has 5 nitrogen and oxygen atoms in total. The molecule has 14 heavy (non-hydrogen) atoms. The van der Waals surface area contributed by atoms with E-state index in [0.29, 0.717) is 11.6 Å². The van der Waals surface area contributed by atoms with E-state index < -0.39 is 15.4 Å². The molecule has 1 aliphatic rings. The first-order chi connectivity index (χ1) is 6.48. The highest BCUT2D eigenvalue weighted by Gasteiger charge is 2.21. The molecule has 0 saturated carbocycles. The number of rotatable bonds is 1. The third kappa shape index (κ3) is 1.57. The minimum atomic E-state index is -3.41. The number of hydrogen-bond acceptors (Lipinski definition) is 5. The highest BCUT2D eigenvalue weighted by atomic mass is 32.2. The second kappa shape index (κ2) is 3.09. The van der Waals surface area contributed by atoms with Crippen LogP contribution < -0.4 is 5.56 Å². The molecule has 0 unspecified atom stereocenters. The molecular weight excluding hydrogens is 224 g/mol. The second-order valence-corrected chi connectivity index (χ2v) is 6.01. The van der Waals surface area contributed by atoms with Crippen molar-refractivity contribution >= 4 is 21.6 Å². The average Bonchev–Trinajstić information content (AvgIpc) is 2.47. The lowest BCUT2D eigenvalue weighted by Crippen LogP contribution is -2.19. The van der Waals surface area contributed by atoms with Gasteiger partial charge in [-0.25, -0.2) is 8.42 Å². The van der Waals surface area contributed by atoms with Crippen LogP contribution in [-0.2, 0) is 16.4 Å². The zero-order chi connectivity index (χ0) is 10.3. The number of sulfone groups is 1. The number of fused-ring (bicyclic) bond motifs is 1. The molecule has 2 heterocycles. The summed E-state index contributed by atoms with van der Waals surface area (Å²) in [6, 6.07) is 1.37. The quantitative estimate of drug-likeness (QED) is 0.493. The van der Waals surface area contributed by atoms with Gasteiger partial charge in [-0.3, -0.25) is 4.79 Å². The van der Waals surface area contributed by atoms with E-state index in [1.165, 1.54) is 17.8 Å². The zero-order valence-electron chi connectivity index (χ0n) is 7.43. The molecule has 76 valence electrons. The Labute approximate surface area is 85.1 Å². The van der Waals surface area contributed by atoms with E-state index in [4.69, 9.17) is 0 Å². The van der Waals surface area contributed by atoms with Crippen LogP contribution in [0.3, 0.4) is 0 Å².